The summed E-state index contributed by atoms with van der Waals surface area (Å²) in [7, 11) is 0. The SMILES string of the molecule is CC1CCCCC1(C)OC(=O)OC1(C)CCCCC1C. The van der Waals surface area contributed by atoms with Crippen LogP contribution in [-0.4, -0.2) is 17.4 Å². The molecule has 2 aliphatic carbocycles. The molecule has 0 heterocycles. The Bertz CT molecular complexity index is 322. The number of ether oxygens (including phenoxy) is 2. The van der Waals surface area contributed by atoms with Crippen LogP contribution >= 0.6 is 0 Å². The maximum Gasteiger partial charge on any atom is 0.509 e. The van der Waals surface area contributed by atoms with Crippen molar-refractivity contribution in [3.8, 4) is 0 Å². The molecule has 116 valence electrons. The lowest BCUT2D eigenvalue weighted by atomic mass is 9.77. The van der Waals surface area contributed by atoms with Crippen molar-refractivity contribution >= 4 is 6.16 Å². The van der Waals surface area contributed by atoms with E-state index >= 15 is 0 Å². The average Bonchev–Trinajstić information content (AvgIpc) is 2.36. The Morgan fingerprint density at radius 2 is 1.25 bits per heavy atom. The minimum atomic E-state index is -0.461. The summed E-state index contributed by atoms with van der Waals surface area (Å²) in [6.07, 6.45) is 8.48. The highest BCUT2D eigenvalue weighted by molar-refractivity contribution is 5.61. The van der Waals surface area contributed by atoms with Gasteiger partial charge >= 0.3 is 6.16 Å². The summed E-state index contributed by atoms with van der Waals surface area (Å²) >= 11 is 0. The van der Waals surface area contributed by atoms with E-state index in [4.69, 9.17) is 9.47 Å². The molecule has 0 aliphatic heterocycles. The van der Waals surface area contributed by atoms with Crippen molar-refractivity contribution in [2.75, 3.05) is 0 Å². The van der Waals surface area contributed by atoms with Gasteiger partial charge in [0.2, 0.25) is 0 Å². The summed E-state index contributed by atoms with van der Waals surface area (Å²) in [5.41, 5.74) is -0.687. The smallest absolute Gasteiger partial charge is 0.428 e. The molecular weight excluding hydrogens is 252 g/mol. The van der Waals surface area contributed by atoms with Gasteiger partial charge in [-0.1, -0.05) is 26.7 Å². The minimum absolute atomic E-state index is 0.344. The lowest BCUT2D eigenvalue weighted by molar-refractivity contribution is -0.119. The molecule has 0 aromatic heterocycles. The van der Waals surface area contributed by atoms with Crippen molar-refractivity contribution < 1.29 is 14.3 Å². The van der Waals surface area contributed by atoms with Crippen LogP contribution in [0.3, 0.4) is 0 Å². The predicted molar refractivity (Wildman–Crippen MR) is 79.6 cm³/mol. The number of rotatable bonds is 2. The maximum absolute atomic E-state index is 12.2. The number of carbonyl (C=O) groups is 1. The molecule has 3 heteroatoms. The Morgan fingerprint density at radius 3 is 1.60 bits per heavy atom. The second-order valence-electron chi connectivity index (χ2n) is 7.37. The normalized spacial score (nSPS) is 42.0. The second-order valence-corrected chi connectivity index (χ2v) is 7.37. The van der Waals surface area contributed by atoms with E-state index in [1.165, 1.54) is 12.8 Å². The van der Waals surface area contributed by atoms with Crippen LogP contribution in [0.25, 0.3) is 0 Å². The zero-order chi connectivity index (χ0) is 14.8. The molecule has 2 saturated carbocycles. The Hall–Kier alpha value is -0.730. The Balaban J connectivity index is 1.94. The first kappa shape index (κ1) is 15.7. The first-order chi connectivity index (χ1) is 9.36. The quantitative estimate of drug-likeness (QED) is 0.663. The molecule has 0 N–H and O–H groups in total. The predicted octanol–water partition coefficient (Wildman–Crippen LogP) is 5.08. The zero-order valence-corrected chi connectivity index (χ0v) is 13.5. The van der Waals surface area contributed by atoms with Gasteiger partial charge in [-0.25, -0.2) is 4.79 Å². The molecule has 4 unspecified atom stereocenters. The maximum atomic E-state index is 12.2. The molecule has 0 aromatic carbocycles. The monoisotopic (exact) mass is 282 g/mol. The molecule has 2 rings (SSSR count). The Labute approximate surface area is 123 Å². The van der Waals surface area contributed by atoms with E-state index < -0.39 is 6.16 Å². The Kier molecular flexibility index (Phi) is 4.66. The van der Waals surface area contributed by atoms with Gasteiger partial charge in [-0.05, 0) is 64.2 Å². The van der Waals surface area contributed by atoms with Gasteiger partial charge < -0.3 is 9.47 Å². The zero-order valence-electron chi connectivity index (χ0n) is 13.5. The van der Waals surface area contributed by atoms with Gasteiger partial charge in [0.15, 0.2) is 0 Å². The first-order valence-electron chi connectivity index (χ1n) is 8.28. The largest absolute Gasteiger partial charge is 0.509 e. The second kappa shape index (κ2) is 5.95. The molecule has 4 atom stereocenters. The van der Waals surface area contributed by atoms with Gasteiger partial charge in [0.25, 0.3) is 0 Å². The third-order valence-electron chi connectivity index (χ3n) is 5.84. The van der Waals surface area contributed by atoms with Gasteiger partial charge in [0, 0.05) is 0 Å². The van der Waals surface area contributed by atoms with E-state index in [9.17, 15) is 4.79 Å². The van der Waals surface area contributed by atoms with Crippen molar-refractivity contribution in [2.24, 2.45) is 11.8 Å². The van der Waals surface area contributed by atoms with Crippen LogP contribution in [0.4, 0.5) is 4.79 Å². The molecule has 3 nitrogen and oxygen atoms in total. The van der Waals surface area contributed by atoms with E-state index in [2.05, 4.69) is 27.7 Å². The van der Waals surface area contributed by atoms with Gasteiger partial charge in [0.05, 0.1) is 0 Å². The summed E-state index contributed by atoms with van der Waals surface area (Å²) in [6, 6.07) is 0. The fraction of sp³-hybridized carbons (Fsp3) is 0.941. The fourth-order valence-corrected chi connectivity index (χ4v) is 3.66. The van der Waals surface area contributed by atoms with Crippen LogP contribution in [0.2, 0.25) is 0 Å². The van der Waals surface area contributed by atoms with Crippen molar-refractivity contribution in [3.05, 3.63) is 0 Å². The summed E-state index contributed by atoms with van der Waals surface area (Å²) in [5.74, 6) is 0.834. The third kappa shape index (κ3) is 3.29. The molecule has 0 spiro atoms. The van der Waals surface area contributed by atoms with Crippen LogP contribution in [-0.2, 0) is 9.47 Å². The summed E-state index contributed by atoms with van der Waals surface area (Å²) < 4.78 is 11.5. The van der Waals surface area contributed by atoms with E-state index in [-0.39, 0.29) is 11.2 Å². The van der Waals surface area contributed by atoms with Crippen molar-refractivity contribution in [1.82, 2.24) is 0 Å². The molecule has 20 heavy (non-hydrogen) atoms. The van der Waals surface area contributed by atoms with E-state index in [0.29, 0.717) is 11.8 Å². The average molecular weight is 282 g/mol. The summed E-state index contributed by atoms with van der Waals surface area (Å²) in [6.45, 7) is 8.48. The summed E-state index contributed by atoms with van der Waals surface area (Å²) in [5, 5.41) is 0. The van der Waals surface area contributed by atoms with Crippen LogP contribution in [0, 0.1) is 11.8 Å². The fourth-order valence-electron chi connectivity index (χ4n) is 3.66. The highest BCUT2D eigenvalue weighted by atomic mass is 16.7. The molecule has 0 saturated heterocycles. The molecule has 2 aliphatic rings. The van der Waals surface area contributed by atoms with Crippen LogP contribution in [0.15, 0.2) is 0 Å². The first-order valence-corrected chi connectivity index (χ1v) is 8.28. The lowest BCUT2D eigenvalue weighted by Gasteiger charge is -2.42. The molecule has 2 fully saturated rings. The standard InChI is InChI=1S/C17H30O3/c1-13-9-5-7-11-16(13,3)19-15(18)20-17(4)12-8-6-10-14(17)2/h13-14H,5-12H2,1-4H3. The van der Waals surface area contributed by atoms with Crippen LogP contribution in [0.1, 0.15) is 79.1 Å². The highest BCUT2D eigenvalue weighted by Crippen LogP contribution is 2.39. The molecule has 0 radical (unpaired) electrons. The molecule has 0 amide bonds. The third-order valence-corrected chi connectivity index (χ3v) is 5.84. The van der Waals surface area contributed by atoms with E-state index in [1.54, 1.807) is 0 Å². The van der Waals surface area contributed by atoms with Crippen LogP contribution < -0.4 is 0 Å². The molecule has 0 bridgehead atoms. The van der Waals surface area contributed by atoms with Gasteiger partial charge in [-0.3, -0.25) is 0 Å². The number of carbonyl (C=O) groups excluding carboxylic acids is 1. The van der Waals surface area contributed by atoms with Crippen molar-refractivity contribution in [1.29, 1.82) is 0 Å². The summed E-state index contributed by atoms with van der Waals surface area (Å²) in [4.78, 5) is 12.2. The van der Waals surface area contributed by atoms with Gasteiger partial charge in [-0.2, -0.15) is 0 Å². The number of hydrogen-bond acceptors (Lipinski definition) is 3. The number of hydrogen-bond donors (Lipinski definition) is 0. The minimum Gasteiger partial charge on any atom is -0.428 e. The molecular formula is C17H30O3. The highest BCUT2D eigenvalue weighted by Gasteiger charge is 2.42. The van der Waals surface area contributed by atoms with Crippen molar-refractivity contribution in [2.45, 2.75) is 90.3 Å². The van der Waals surface area contributed by atoms with Gasteiger partial charge in [0.1, 0.15) is 11.2 Å². The topological polar surface area (TPSA) is 35.5 Å². The van der Waals surface area contributed by atoms with Gasteiger partial charge in [-0.15, -0.1) is 0 Å². The Morgan fingerprint density at radius 1 is 0.850 bits per heavy atom. The lowest BCUT2D eigenvalue weighted by Crippen LogP contribution is -2.45. The molecule has 0 aromatic rings. The van der Waals surface area contributed by atoms with Crippen LogP contribution in [0.5, 0.6) is 0 Å². The van der Waals surface area contributed by atoms with Crippen molar-refractivity contribution in [3.63, 3.8) is 0 Å². The van der Waals surface area contributed by atoms with E-state index in [1.807, 2.05) is 0 Å². The van der Waals surface area contributed by atoms with E-state index in [0.717, 1.165) is 38.5 Å².